The van der Waals surface area contributed by atoms with Crippen LogP contribution >= 0.6 is 22.6 Å². The quantitative estimate of drug-likeness (QED) is 0.481. The Kier molecular flexibility index (Phi) is 7.15. The van der Waals surface area contributed by atoms with Crippen molar-refractivity contribution >= 4 is 85.1 Å². The number of hydrogen-bond donors (Lipinski definition) is 1. The number of halogens is 1. The molecular formula is C6H6IKO2S. The molecule has 1 aromatic rings. The predicted molar refractivity (Wildman–Crippen MR) is 55.3 cm³/mol. The Balaban J connectivity index is 0.000001000. The van der Waals surface area contributed by atoms with Crippen LogP contribution in [0.15, 0.2) is 29.2 Å². The molecule has 0 fully saturated rings. The van der Waals surface area contributed by atoms with E-state index in [-0.39, 0.29) is 51.4 Å². The van der Waals surface area contributed by atoms with Gasteiger partial charge in [-0.3, -0.25) is 0 Å². The molecule has 0 bridgehead atoms. The maximum atomic E-state index is 10.4. The van der Waals surface area contributed by atoms with Crippen molar-refractivity contribution in [2.24, 2.45) is 0 Å². The SMILES string of the molecule is O=S(O)c1ccc(I)cc1.[KH]. The number of rotatable bonds is 1. The molecule has 1 aromatic carbocycles. The second-order valence-corrected chi connectivity index (χ2v) is 3.92. The summed E-state index contributed by atoms with van der Waals surface area (Å²) in [4.78, 5) is 0.445. The first-order chi connectivity index (χ1) is 4.70. The van der Waals surface area contributed by atoms with Crippen molar-refractivity contribution in [3.05, 3.63) is 27.8 Å². The Bertz CT molecular complexity index is 249. The van der Waals surface area contributed by atoms with Gasteiger partial charge in [-0.2, -0.15) is 0 Å². The van der Waals surface area contributed by atoms with Gasteiger partial charge in [-0.05, 0) is 46.9 Å². The van der Waals surface area contributed by atoms with Gasteiger partial charge in [-0.1, -0.05) is 0 Å². The van der Waals surface area contributed by atoms with E-state index in [9.17, 15) is 4.21 Å². The molecule has 2 nitrogen and oxygen atoms in total. The second-order valence-electron chi connectivity index (χ2n) is 1.70. The molecule has 56 valence electrons. The Morgan fingerprint density at radius 2 is 1.73 bits per heavy atom. The van der Waals surface area contributed by atoms with Gasteiger partial charge in [0.1, 0.15) is 0 Å². The van der Waals surface area contributed by atoms with Crippen LogP contribution in [0, 0.1) is 3.57 Å². The molecule has 0 saturated carbocycles. The zero-order valence-corrected chi connectivity index (χ0v) is 7.93. The Morgan fingerprint density at radius 1 is 1.27 bits per heavy atom. The van der Waals surface area contributed by atoms with Gasteiger partial charge in [0.15, 0.2) is 11.1 Å². The summed E-state index contributed by atoms with van der Waals surface area (Å²) in [5, 5.41) is 0. The van der Waals surface area contributed by atoms with Crippen LogP contribution in [0.3, 0.4) is 0 Å². The molecule has 0 aliphatic rings. The summed E-state index contributed by atoms with van der Waals surface area (Å²) in [5.74, 6) is 0. The molecule has 1 unspecified atom stereocenters. The van der Waals surface area contributed by atoms with Crippen molar-refractivity contribution < 1.29 is 8.76 Å². The van der Waals surface area contributed by atoms with Crippen molar-refractivity contribution in [3.8, 4) is 0 Å². The van der Waals surface area contributed by atoms with Gasteiger partial charge >= 0.3 is 51.4 Å². The van der Waals surface area contributed by atoms with E-state index in [0.29, 0.717) is 4.90 Å². The maximum absolute atomic E-state index is 10.4. The van der Waals surface area contributed by atoms with E-state index in [1.807, 2.05) is 0 Å². The third-order valence-corrected chi connectivity index (χ3v) is 2.41. The van der Waals surface area contributed by atoms with Gasteiger partial charge in [0.25, 0.3) is 0 Å². The number of hydrogen-bond acceptors (Lipinski definition) is 1. The first-order valence-corrected chi connectivity index (χ1v) is 4.75. The summed E-state index contributed by atoms with van der Waals surface area (Å²) in [5.41, 5.74) is 0. The minimum atomic E-state index is -1.84. The van der Waals surface area contributed by atoms with Crippen LogP contribution in [0.2, 0.25) is 0 Å². The topological polar surface area (TPSA) is 37.3 Å². The zero-order chi connectivity index (χ0) is 7.56. The zero-order valence-electron chi connectivity index (χ0n) is 4.95. The summed E-state index contributed by atoms with van der Waals surface area (Å²) in [6.45, 7) is 0. The summed E-state index contributed by atoms with van der Waals surface area (Å²) in [6.07, 6.45) is 0. The Hall–Kier alpha value is 1.70. The molecule has 0 aliphatic carbocycles. The molecular weight excluding hydrogens is 302 g/mol. The molecule has 0 aliphatic heterocycles. The van der Waals surface area contributed by atoms with E-state index < -0.39 is 11.1 Å². The third kappa shape index (κ3) is 4.46. The van der Waals surface area contributed by atoms with Crippen LogP contribution in [0.4, 0.5) is 0 Å². The van der Waals surface area contributed by atoms with Crippen LogP contribution in [-0.2, 0) is 11.1 Å². The van der Waals surface area contributed by atoms with Crippen LogP contribution < -0.4 is 0 Å². The average Bonchev–Trinajstić information content (AvgIpc) is 1.88. The van der Waals surface area contributed by atoms with Crippen molar-refractivity contribution in [2.45, 2.75) is 4.90 Å². The number of benzene rings is 1. The summed E-state index contributed by atoms with van der Waals surface area (Å²) in [7, 11) is 0. The van der Waals surface area contributed by atoms with E-state index in [4.69, 9.17) is 4.55 Å². The van der Waals surface area contributed by atoms with E-state index in [2.05, 4.69) is 22.6 Å². The summed E-state index contributed by atoms with van der Waals surface area (Å²) < 4.78 is 20.1. The molecule has 0 radical (unpaired) electrons. The molecule has 0 saturated heterocycles. The molecule has 0 amide bonds. The van der Waals surface area contributed by atoms with Gasteiger partial charge in [-0.25, -0.2) is 4.21 Å². The van der Waals surface area contributed by atoms with E-state index >= 15 is 0 Å². The van der Waals surface area contributed by atoms with Gasteiger partial charge in [0.2, 0.25) is 0 Å². The molecule has 11 heavy (non-hydrogen) atoms. The van der Waals surface area contributed by atoms with Crippen LogP contribution in [-0.4, -0.2) is 60.1 Å². The van der Waals surface area contributed by atoms with Crippen LogP contribution in [0.25, 0.3) is 0 Å². The van der Waals surface area contributed by atoms with Crippen molar-refractivity contribution in [1.82, 2.24) is 0 Å². The Labute approximate surface area is 124 Å². The van der Waals surface area contributed by atoms with Crippen molar-refractivity contribution in [1.29, 1.82) is 0 Å². The Morgan fingerprint density at radius 3 is 2.09 bits per heavy atom. The standard InChI is InChI=1S/C6H5IO2S.K.H/c7-5-1-3-6(4-2-5)10(8)9;;/h1-4H,(H,8,9);;. The van der Waals surface area contributed by atoms with Crippen LogP contribution in [0.5, 0.6) is 0 Å². The summed E-state index contributed by atoms with van der Waals surface area (Å²) >= 11 is 0.299. The molecule has 0 aromatic heterocycles. The average molecular weight is 308 g/mol. The fraction of sp³-hybridized carbons (Fsp3) is 0. The van der Waals surface area contributed by atoms with E-state index in [0.717, 1.165) is 3.57 Å². The first kappa shape index (κ1) is 12.7. The summed E-state index contributed by atoms with van der Waals surface area (Å²) in [6, 6.07) is 6.86. The van der Waals surface area contributed by atoms with Gasteiger partial charge < -0.3 is 4.55 Å². The van der Waals surface area contributed by atoms with Gasteiger partial charge in [0.05, 0.1) is 4.90 Å². The molecule has 0 heterocycles. The van der Waals surface area contributed by atoms with E-state index in [1.165, 1.54) is 0 Å². The second kappa shape index (κ2) is 6.20. The molecule has 0 spiro atoms. The fourth-order valence-corrected chi connectivity index (χ4v) is 1.28. The third-order valence-electron chi connectivity index (χ3n) is 1.02. The molecule has 1 rings (SSSR count). The van der Waals surface area contributed by atoms with Crippen molar-refractivity contribution in [2.75, 3.05) is 0 Å². The van der Waals surface area contributed by atoms with E-state index in [1.54, 1.807) is 24.3 Å². The fourth-order valence-electron chi connectivity index (χ4n) is 0.551. The normalized spacial score (nSPS) is 11.8. The van der Waals surface area contributed by atoms with Crippen molar-refractivity contribution in [3.63, 3.8) is 0 Å². The molecule has 1 N–H and O–H groups in total. The van der Waals surface area contributed by atoms with Gasteiger partial charge in [0, 0.05) is 3.57 Å². The van der Waals surface area contributed by atoms with Crippen LogP contribution in [0.1, 0.15) is 0 Å². The first-order valence-electron chi connectivity index (χ1n) is 2.56. The molecule has 1 atom stereocenters. The monoisotopic (exact) mass is 308 g/mol. The van der Waals surface area contributed by atoms with Gasteiger partial charge in [-0.15, -0.1) is 0 Å². The molecule has 5 heteroatoms. The minimum absolute atomic E-state index is 0. The predicted octanol–water partition coefficient (Wildman–Crippen LogP) is 1.22.